The molecule has 1 amide bonds. The van der Waals surface area contributed by atoms with Crippen molar-refractivity contribution in [3.63, 3.8) is 0 Å². The Morgan fingerprint density at radius 2 is 2.03 bits per heavy atom. The zero-order valence-corrected chi connectivity index (χ0v) is 17.7. The molecule has 2 unspecified atom stereocenters. The Labute approximate surface area is 176 Å². The molecule has 2 atom stereocenters. The highest BCUT2D eigenvalue weighted by Gasteiger charge is 2.53. The molecule has 0 bridgehead atoms. The monoisotopic (exact) mass is 410 g/mol. The second-order valence-electron chi connectivity index (χ2n) is 9.23. The number of benzene rings is 1. The lowest BCUT2D eigenvalue weighted by molar-refractivity contribution is -0.137. The van der Waals surface area contributed by atoms with Gasteiger partial charge in [0.2, 0.25) is 5.91 Å². The Kier molecular flexibility index (Phi) is 5.08. The van der Waals surface area contributed by atoms with Crippen molar-refractivity contribution in [2.24, 2.45) is 17.3 Å². The van der Waals surface area contributed by atoms with E-state index in [0.717, 1.165) is 58.4 Å². The smallest absolute Gasteiger partial charge is 0.225 e. The van der Waals surface area contributed by atoms with Gasteiger partial charge in [-0.05, 0) is 37.2 Å². The molecule has 154 valence electrons. The molecule has 2 N–H and O–H groups in total. The number of aromatic nitrogens is 1. The maximum atomic E-state index is 12.9. The number of fused-ring (bicyclic) bond motifs is 1. The summed E-state index contributed by atoms with van der Waals surface area (Å²) >= 11 is 1.59. The summed E-state index contributed by atoms with van der Waals surface area (Å²) in [6.07, 6.45) is 7.56. The summed E-state index contributed by atoms with van der Waals surface area (Å²) in [7, 11) is 0. The first kappa shape index (κ1) is 19.1. The second-order valence-corrected chi connectivity index (χ2v) is 10.4. The van der Waals surface area contributed by atoms with Crippen molar-refractivity contribution >= 4 is 22.4 Å². The van der Waals surface area contributed by atoms with Crippen molar-refractivity contribution in [1.82, 2.24) is 14.8 Å². The summed E-state index contributed by atoms with van der Waals surface area (Å²) in [5.41, 5.74) is 7.44. The van der Waals surface area contributed by atoms with Crippen LogP contribution in [0.25, 0.3) is 0 Å². The highest BCUT2D eigenvalue weighted by atomic mass is 32.1. The summed E-state index contributed by atoms with van der Waals surface area (Å²) in [5, 5.41) is 0.649. The van der Waals surface area contributed by atoms with Crippen molar-refractivity contribution in [2.75, 3.05) is 31.9 Å². The molecule has 1 saturated carbocycles. The standard InChI is InChI=1S/C23H30N4OS/c24-22-25-11-20(29-22)14-26-12-19-13-27(21(28)18-7-4-8-18)16-23(19,15-26)10-9-17-5-2-1-3-6-17/h1-3,5-6,11,18-19H,4,7-10,12-16H2,(H2,24,25). The number of anilines is 1. The molecule has 0 radical (unpaired) electrons. The number of hydrogen-bond donors (Lipinski definition) is 1. The Bertz CT molecular complexity index is 865. The number of nitrogens with zero attached hydrogens (tertiary/aromatic N) is 3. The number of likely N-dealkylation sites (tertiary alicyclic amines) is 2. The van der Waals surface area contributed by atoms with E-state index in [1.54, 1.807) is 11.3 Å². The van der Waals surface area contributed by atoms with E-state index in [-0.39, 0.29) is 5.41 Å². The van der Waals surface area contributed by atoms with Crippen LogP contribution in [0.3, 0.4) is 0 Å². The number of thiazole rings is 1. The fourth-order valence-electron chi connectivity index (χ4n) is 5.50. The Hall–Kier alpha value is -1.92. The topological polar surface area (TPSA) is 62.5 Å². The van der Waals surface area contributed by atoms with Crippen LogP contribution in [0, 0.1) is 17.3 Å². The van der Waals surface area contributed by atoms with Crippen LogP contribution in [-0.2, 0) is 17.8 Å². The third-order valence-corrected chi connectivity index (χ3v) is 8.11. The van der Waals surface area contributed by atoms with E-state index in [1.165, 1.54) is 16.9 Å². The van der Waals surface area contributed by atoms with E-state index in [9.17, 15) is 4.79 Å². The summed E-state index contributed by atoms with van der Waals surface area (Å²) < 4.78 is 0. The molecule has 6 heteroatoms. The third-order valence-electron chi connectivity index (χ3n) is 7.30. The van der Waals surface area contributed by atoms with E-state index in [0.29, 0.717) is 22.9 Å². The van der Waals surface area contributed by atoms with E-state index in [4.69, 9.17) is 5.73 Å². The molecule has 3 aliphatic rings. The van der Waals surface area contributed by atoms with Crippen molar-refractivity contribution in [2.45, 2.75) is 38.6 Å². The first-order valence-corrected chi connectivity index (χ1v) is 11.7. The molecule has 3 fully saturated rings. The minimum absolute atomic E-state index is 0.214. The van der Waals surface area contributed by atoms with Gasteiger partial charge in [-0.15, -0.1) is 11.3 Å². The van der Waals surface area contributed by atoms with Crippen LogP contribution in [0.2, 0.25) is 0 Å². The van der Waals surface area contributed by atoms with Gasteiger partial charge in [-0.3, -0.25) is 9.69 Å². The molecule has 5 nitrogen and oxygen atoms in total. The van der Waals surface area contributed by atoms with E-state index in [2.05, 4.69) is 45.1 Å². The molecule has 1 aromatic heterocycles. The average Bonchev–Trinajstić information content (AvgIpc) is 3.32. The minimum atomic E-state index is 0.214. The normalized spacial score (nSPS) is 27.2. The van der Waals surface area contributed by atoms with Crippen LogP contribution >= 0.6 is 11.3 Å². The van der Waals surface area contributed by atoms with Crippen molar-refractivity contribution in [3.05, 3.63) is 47.0 Å². The second kappa shape index (κ2) is 7.73. The summed E-state index contributed by atoms with van der Waals surface area (Å²) in [6.45, 7) is 4.93. The largest absolute Gasteiger partial charge is 0.375 e. The Balaban J connectivity index is 1.31. The Morgan fingerprint density at radius 1 is 1.21 bits per heavy atom. The van der Waals surface area contributed by atoms with Crippen LogP contribution in [0.1, 0.15) is 36.1 Å². The number of amides is 1. The van der Waals surface area contributed by atoms with Gasteiger partial charge < -0.3 is 10.6 Å². The summed E-state index contributed by atoms with van der Waals surface area (Å²) in [5.74, 6) is 1.29. The van der Waals surface area contributed by atoms with Crippen LogP contribution in [0.15, 0.2) is 36.5 Å². The zero-order valence-electron chi connectivity index (χ0n) is 16.9. The number of carbonyl (C=O) groups is 1. The summed E-state index contributed by atoms with van der Waals surface area (Å²) in [4.78, 5) is 23.2. The highest BCUT2D eigenvalue weighted by molar-refractivity contribution is 7.15. The minimum Gasteiger partial charge on any atom is -0.375 e. The molecule has 2 aliphatic heterocycles. The number of aryl methyl sites for hydroxylation is 1. The molecule has 2 aromatic rings. The predicted octanol–water partition coefficient (Wildman–Crippen LogP) is 3.42. The van der Waals surface area contributed by atoms with Gasteiger partial charge in [0.25, 0.3) is 0 Å². The molecule has 1 aromatic carbocycles. The van der Waals surface area contributed by atoms with Crippen LogP contribution < -0.4 is 5.73 Å². The van der Waals surface area contributed by atoms with Crippen LogP contribution in [0.4, 0.5) is 5.13 Å². The van der Waals surface area contributed by atoms with Gasteiger partial charge in [0, 0.05) is 55.1 Å². The van der Waals surface area contributed by atoms with Crippen molar-refractivity contribution in [1.29, 1.82) is 0 Å². The number of nitrogens with two attached hydrogens (primary N) is 1. The number of carbonyl (C=O) groups excluding carboxylic acids is 1. The maximum Gasteiger partial charge on any atom is 0.225 e. The van der Waals surface area contributed by atoms with Crippen molar-refractivity contribution in [3.8, 4) is 0 Å². The summed E-state index contributed by atoms with van der Waals surface area (Å²) in [6, 6.07) is 10.8. The molecule has 5 rings (SSSR count). The first-order chi connectivity index (χ1) is 14.1. The third kappa shape index (κ3) is 3.80. The maximum absolute atomic E-state index is 12.9. The van der Waals surface area contributed by atoms with Gasteiger partial charge in [-0.25, -0.2) is 4.98 Å². The fraction of sp³-hybridized carbons (Fsp3) is 0.565. The van der Waals surface area contributed by atoms with E-state index >= 15 is 0 Å². The Morgan fingerprint density at radius 3 is 2.72 bits per heavy atom. The lowest BCUT2D eigenvalue weighted by atomic mass is 9.76. The molecule has 1 aliphatic carbocycles. The average molecular weight is 411 g/mol. The number of rotatable bonds is 6. The van der Waals surface area contributed by atoms with Crippen LogP contribution in [-0.4, -0.2) is 46.9 Å². The molecule has 3 heterocycles. The van der Waals surface area contributed by atoms with Gasteiger partial charge >= 0.3 is 0 Å². The van der Waals surface area contributed by atoms with Crippen molar-refractivity contribution < 1.29 is 4.79 Å². The zero-order chi connectivity index (χ0) is 19.8. The van der Waals surface area contributed by atoms with Gasteiger partial charge in [0.15, 0.2) is 5.13 Å². The lowest BCUT2D eigenvalue weighted by Gasteiger charge is -2.32. The molecule has 2 saturated heterocycles. The predicted molar refractivity (Wildman–Crippen MR) is 116 cm³/mol. The SMILES string of the molecule is Nc1ncc(CN2CC3CN(C(=O)C4CCC4)CC3(CCc3ccccc3)C2)s1. The fourth-order valence-corrected chi connectivity index (χ4v) is 6.23. The van der Waals surface area contributed by atoms with E-state index < -0.39 is 0 Å². The molecular formula is C23H30N4OS. The highest BCUT2D eigenvalue weighted by Crippen LogP contribution is 2.47. The first-order valence-electron chi connectivity index (χ1n) is 10.9. The number of nitrogen functional groups attached to an aromatic ring is 1. The van der Waals surface area contributed by atoms with Gasteiger partial charge in [0.1, 0.15) is 0 Å². The lowest BCUT2D eigenvalue weighted by Crippen LogP contribution is -2.41. The molecule has 29 heavy (non-hydrogen) atoms. The van der Waals surface area contributed by atoms with Gasteiger partial charge in [0.05, 0.1) is 0 Å². The van der Waals surface area contributed by atoms with Gasteiger partial charge in [-0.2, -0.15) is 0 Å². The molecular weight excluding hydrogens is 380 g/mol. The number of hydrogen-bond acceptors (Lipinski definition) is 5. The quantitative estimate of drug-likeness (QED) is 0.793. The molecule has 0 spiro atoms. The van der Waals surface area contributed by atoms with E-state index in [1.807, 2.05) is 6.20 Å². The van der Waals surface area contributed by atoms with Gasteiger partial charge in [-0.1, -0.05) is 36.8 Å². The van der Waals surface area contributed by atoms with Crippen LogP contribution in [0.5, 0.6) is 0 Å².